The Labute approximate surface area is 85.1 Å². The summed E-state index contributed by atoms with van der Waals surface area (Å²) in [6.45, 7) is 0. The van der Waals surface area contributed by atoms with Gasteiger partial charge in [0, 0.05) is 0 Å². The van der Waals surface area contributed by atoms with E-state index in [0.717, 1.165) is 0 Å². The number of aromatic carboxylic acids is 1. The van der Waals surface area contributed by atoms with Gasteiger partial charge in [0.25, 0.3) is 6.43 Å². The van der Waals surface area contributed by atoms with Crippen LogP contribution < -0.4 is 0 Å². The molecule has 0 radical (unpaired) electrons. The molecule has 9 heteroatoms. The van der Waals surface area contributed by atoms with Gasteiger partial charge in [-0.15, -0.1) is 0 Å². The van der Waals surface area contributed by atoms with E-state index >= 15 is 0 Å². The van der Waals surface area contributed by atoms with Crippen LogP contribution in [0.25, 0.3) is 0 Å². The molecule has 0 aromatic carbocycles. The number of nitrogens with zero attached hydrogens (tertiary/aromatic N) is 1. The van der Waals surface area contributed by atoms with E-state index in [2.05, 4.69) is 5.10 Å². The summed E-state index contributed by atoms with van der Waals surface area (Å²) in [6.07, 6.45) is -9.94. The predicted octanol–water partition coefficient (Wildman–Crippen LogP) is 1.86. The molecule has 90 valence electrons. The SMILES string of the molecule is O=C(O)c1[nH]nc(C(F)C(F)C(F)F)c1F. The van der Waals surface area contributed by atoms with E-state index in [9.17, 15) is 26.7 Å². The minimum Gasteiger partial charge on any atom is -0.476 e. The van der Waals surface area contributed by atoms with Gasteiger partial charge in [0.1, 0.15) is 5.69 Å². The van der Waals surface area contributed by atoms with E-state index in [1.807, 2.05) is 0 Å². The first-order valence-corrected chi connectivity index (χ1v) is 3.89. The van der Waals surface area contributed by atoms with E-state index in [4.69, 9.17) is 5.11 Å². The molecular weight excluding hydrogens is 239 g/mol. The first-order valence-electron chi connectivity index (χ1n) is 3.89. The fourth-order valence-electron chi connectivity index (χ4n) is 0.945. The van der Waals surface area contributed by atoms with Crippen molar-refractivity contribution < 1.29 is 31.9 Å². The number of hydrogen-bond acceptors (Lipinski definition) is 2. The molecule has 0 aliphatic heterocycles. The Morgan fingerprint density at radius 2 is 1.88 bits per heavy atom. The molecule has 0 amide bonds. The van der Waals surface area contributed by atoms with Gasteiger partial charge in [0.15, 0.2) is 23.9 Å². The van der Waals surface area contributed by atoms with Gasteiger partial charge in [0.05, 0.1) is 0 Å². The molecule has 2 unspecified atom stereocenters. The largest absolute Gasteiger partial charge is 0.476 e. The number of rotatable bonds is 4. The van der Waals surface area contributed by atoms with Gasteiger partial charge in [-0.2, -0.15) is 5.10 Å². The second kappa shape index (κ2) is 4.45. The molecule has 0 saturated carbocycles. The second-order valence-corrected chi connectivity index (χ2v) is 2.78. The molecular formula is C7H5F5N2O2. The molecule has 0 saturated heterocycles. The van der Waals surface area contributed by atoms with Crippen LogP contribution in [0.15, 0.2) is 0 Å². The summed E-state index contributed by atoms with van der Waals surface area (Å²) in [5, 5.41) is 12.7. The summed E-state index contributed by atoms with van der Waals surface area (Å²) in [5.74, 6) is -3.49. The third-order valence-corrected chi connectivity index (χ3v) is 1.73. The van der Waals surface area contributed by atoms with E-state index in [1.165, 1.54) is 0 Å². The van der Waals surface area contributed by atoms with Crippen LogP contribution in [0.2, 0.25) is 0 Å². The van der Waals surface area contributed by atoms with Gasteiger partial charge < -0.3 is 5.11 Å². The van der Waals surface area contributed by atoms with Crippen LogP contribution in [0.3, 0.4) is 0 Å². The van der Waals surface area contributed by atoms with Crippen molar-refractivity contribution in [1.82, 2.24) is 10.2 Å². The maximum absolute atomic E-state index is 13.0. The highest BCUT2D eigenvalue weighted by molar-refractivity contribution is 5.85. The van der Waals surface area contributed by atoms with Crippen LogP contribution in [0.1, 0.15) is 22.4 Å². The zero-order valence-corrected chi connectivity index (χ0v) is 7.42. The van der Waals surface area contributed by atoms with Crippen LogP contribution in [0, 0.1) is 5.82 Å². The Bertz CT molecular complexity index is 394. The van der Waals surface area contributed by atoms with Crippen molar-refractivity contribution in [2.75, 3.05) is 0 Å². The molecule has 0 spiro atoms. The number of aromatic nitrogens is 2. The lowest BCUT2D eigenvalue weighted by Gasteiger charge is -2.09. The number of alkyl halides is 4. The number of nitrogens with one attached hydrogen (secondary N) is 1. The molecule has 0 fully saturated rings. The minimum atomic E-state index is -3.65. The standard InChI is InChI=1S/C7H5F5N2O2/c8-1(2(9)6(11)12)4-3(10)5(7(15)16)14-13-4/h1-2,6H,(H,13,14)(H,15,16). The number of carboxylic acid groups (broad SMARTS) is 1. The first-order chi connectivity index (χ1) is 7.36. The van der Waals surface area contributed by atoms with Crippen LogP contribution >= 0.6 is 0 Å². The number of hydrogen-bond donors (Lipinski definition) is 2. The fourth-order valence-corrected chi connectivity index (χ4v) is 0.945. The number of carboxylic acids is 1. The molecule has 0 aliphatic carbocycles. The van der Waals surface area contributed by atoms with Crippen molar-refractivity contribution in [3.05, 3.63) is 17.2 Å². The van der Waals surface area contributed by atoms with E-state index in [1.54, 1.807) is 5.10 Å². The van der Waals surface area contributed by atoms with Gasteiger partial charge in [-0.25, -0.2) is 26.7 Å². The average Bonchev–Trinajstić information content (AvgIpc) is 2.57. The van der Waals surface area contributed by atoms with Gasteiger partial charge in [-0.05, 0) is 0 Å². The topological polar surface area (TPSA) is 66.0 Å². The molecule has 2 N–H and O–H groups in total. The maximum atomic E-state index is 13.0. The molecule has 1 rings (SSSR count). The van der Waals surface area contributed by atoms with Crippen LogP contribution in [0.4, 0.5) is 22.0 Å². The summed E-state index contributed by atoms with van der Waals surface area (Å²) in [7, 11) is 0. The van der Waals surface area contributed by atoms with Crippen LogP contribution in [-0.4, -0.2) is 33.9 Å². The Hall–Kier alpha value is -1.67. The zero-order chi connectivity index (χ0) is 12.5. The molecule has 1 heterocycles. The van der Waals surface area contributed by atoms with Gasteiger partial charge in [-0.1, -0.05) is 0 Å². The summed E-state index contributed by atoms with van der Waals surface area (Å²) in [5.41, 5.74) is -2.43. The highest BCUT2D eigenvalue weighted by Crippen LogP contribution is 2.29. The summed E-state index contributed by atoms with van der Waals surface area (Å²) >= 11 is 0. The predicted molar refractivity (Wildman–Crippen MR) is 40.3 cm³/mol. The quantitative estimate of drug-likeness (QED) is 0.794. The van der Waals surface area contributed by atoms with Crippen LogP contribution in [0.5, 0.6) is 0 Å². The smallest absolute Gasteiger partial charge is 0.357 e. The fraction of sp³-hybridized carbons (Fsp3) is 0.429. The average molecular weight is 244 g/mol. The molecule has 0 bridgehead atoms. The number of aromatic amines is 1. The molecule has 1 aromatic heterocycles. The van der Waals surface area contributed by atoms with Crippen molar-refractivity contribution in [3.8, 4) is 0 Å². The molecule has 4 nitrogen and oxygen atoms in total. The third kappa shape index (κ3) is 2.12. The van der Waals surface area contributed by atoms with E-state index in [0.29, 0.717) is 0 Å². The Balaban J connectivity index is 3.01. The Kier molecular flexibility index (Phi) is 3.45. The highest BCUT2D eigenvalue weighted by atomic mass is 19.3. The molecule has 1 aromatic rings. The summed E-state index contributed by atoms with van der Waals surface area (Å²) < 4.78 is 62.0. The number of carbonyl (C=O) groups is 1. The van der Waals surface area contributed by atoms with Crippen molar-refractivity contribution in [3.63, 3.8) is 0 Å². The lowest BCUT2D eigenvalue weighted by molar-refractivity contribution is 0.000546. The van der Waals surface area contributed by atoms with Crippen molar-refractivity contribution in [2.24, 2.45) is 0 Å². The van der Waals surface area contributed by atoms with Crippen molar-refractivity contribution in [2.45, 2.75) is 18.8 Å². The van der Waals surface area contributed by atoms with E-state index in [-0.39, 0.29) is 0 Å². The number of halogens is 5. The Morgan fingerprint density at radius 1 is 1.31 bits per heavy atom. The highest BCUT2D eigenvalue weighted by Gasteiger charge is 2.36. The van der Waals surface area contributed by atoms with E-state index < -0.39 is 41.9 Å². The number of H-pyrrole nitrogens is 1. The van der Waals surface area contributed by atoms with Crippen molar-refractivity contribution >= 4 is 5.97 Å². The van der Waals surface area contributed by atoms with Gasteiger partial charge >= 0.3 is 5.97 Å². The second-order valence-electron chi connectivity index (χ2n) is 2.78. The van der Waals surface area contributed by atoms with Gasteiger partial charge in [-0.3, -0.25) is 5.10 Å². The molecule has 0 aliphatic rings. The lowest BCUT2D eigenvalue weighted by atomic mass is 10.1. The maximum Gasteiger partial charge on any atom is 0.357 e. The van der Waals surface area contributed by atoms with Gasteiger partial charge in [0.2, 0.25) is 0 Å². The lowest BCUT2D eigenvalue weighted by Crippen LogP contribution is -2.20. The Morgan fingerprint density at radius 3 is 2.25 bits per heavy atom. The molecule has 16 heavy (non-hydrogen) atoms. The zero-order valence-electron chi connectivity index (χ0n) is 7.42. The summed E-state index contributed by atoms with van der Waals surface area (Å²) in [6, 6.07) is 0. The summed E-state index contributed by atoms with van der Waals surface area (Å²) in [4.78, 5) is 10.3. The third-order valence-electron chi connectivity index (χ3n) is 1.73. The first kappa shape index (κ1) is 12.4. The monoisotopic (exact) mass is 244 g/mol. The molecule has 2 atom stereocenters. The van der Waals surface area contributed by atoms with Crippen LogP contribution in [-0.2, 0) is 0 Å². The minimum absolute atomic E-state index is 1.11. The van der Waals surface area contributed by atoms with Crippen molar-refractivity contribution in [1.29, 1.82) is 0 Å². The normalized spacial score (nSPS) is 15.1.